The van der Waals surface area contributed by atoms with Crippen molar-refractivity contribution in [2.75, 3.05) is 30.8 Å². The molecule has 0 radical (unpaired) electrons. The van der Waals surface area contributed by atoms with E-state index in [-0.39, 0.29) is 17.8 Å². The van der Waals surface area contributed by atoms with Crippen molar-refractivity contribution in [1.82, 2.24) is 15.0 Å². The minimum Gasteiger partial charge on any atom is -0.469 e. The van der Waals surface area contributed by atoms with Gasteiger partial charge in [-0.15, -0.1) is 0 Å². The fourth-order valence-electron chi connectivity index (χ4n) is 3.77. The quantitative estimate of drug-likeness (QED) is 0.714. The van der Waals surface area contributed by atoms with Crippen LogP contribution in [0.3, 0.4) is 0 Å². The molecule has 3 heterocycles. The Morgan fingerprint density at radius 3 is 2.74 bits per heavy atom. The number of hydrogen-bond donors (Lipinski definition) is 1. The first-order chi connectivity index (χ1) is 13.2. The number of esters is 1. The Hall–Kier alpha value is -3.22. The number of aromatic nitrogens is 3. The van der Waals surface area contributed by atoms with Crippen molar-refractivity contribution < 1.29 is 9.53 Å². The van der Waals surface area contributed by atoms with Crippen molar-refractivity contribution >= 4 is 28.6 Å². The predicted molar refractivity (Wildman–Crippen MR) is 103 cm³/mol. The van der Waals surface area contributed by atoms with Gasteiger partial charge in [-0.3, -0.25) is 4.79 Å². The highest BCUT2D eigenvalue weighted by molar-refractivity contribution is 5.88. The number of rotatable bonds is 3. The number of anilines is 2. The third-order valence-corrected chi connectivity index (χ3v) is 5.05. The molecule has 2 aromatic heterocycles. The molecule has 7 heteroatoms. The fraction of sp³-hybridized carbons (Fsp3) is 0.300. The van der Waals surface area contributed by atoms with Crippen LogP contribution in [0.5, 0.6) is 0 Å². The third kappa shape index (κ3) is 3.40. The van der Waals surface area contributed by atoms with Gasteiger partial charge in [0.05, 0.1) is 18.4 Å². The smallest absolute Gasteiger partial charge is 0.310 e. The van der Waals surface area contributed by atoms with Crippen molar-refractivity contribution in [1.29, 1.82) is 0 Å². The van der Waals surface area contributed by atoms with Gasteiger partial charge in [-0.1, -0.05) is 30.3 Å². The van der Waals surface area contributed by atoms with Crippen LogP contribution in [0.25, 0.3) is 11.0 Å². The van der Waals surface area contributed by atoms with E-state index in [2.05, 4.69) is 32.0 Å². The molecule has 0 saturated carbocycles. The van der Waals surface area contributed by atoms with Crippen LogP contribution in [-0.4, -0.2) is 41.1 Å². The van der Waals surface area contributed by atoms with E-state index in [1.807, 2.05) is 24.3 Å². The van der Waals surface area contributed by atoms with Gasteiger partial charge in [-0.05, 0) is 24.1 Å². The molecule has 0 spiro atoms. The number of nitrogen functional groups attached to an aromatic ring is 1. The molecule has 1 aliphatic rings. The number of nitrogens with zero attached hydrogens (tertiary/aromatic N) is 4. The molecule has 0 amide bonds. The van der Waals surface area contributed by atoms with Crippen LogP contribution in [0, 0.1) is 5.92 Å². The molecule has 3 aromatic rings. The molecule has 1 aromatic carbocycles. The summed E-state index contributed by atoms with van der Waals surface area (Å²) in [4.78, 5) is 27.4. The number of nitrogens with two attached hydrogens (primary N) is 1. The van der Waals surface area contributed by atoms with Gasteiger partial charge in [0.2, 0.25) is 0 Å². The van der Waals surface area contributed by atoms with E-state index in [0.29, 0.717) is 18.0 Å². The molecule has 1 saturated heterocycles. The number of hydrogen-bond acceptors (Lipinski definition) is 7. The summed E-state index contributed by atoms with van der Waals surface area (Å²) in [5.74, 6) is 0.973. The van der Waals surface area contributed by atoms with Crippen LogP contribution in [-0.2, 0) is 9.53 Å². The standard InChI is InChI=1S/C20H21N5O2/c1-27-20(26)15-9-14(13-5-3-2-4-6-13)10-25(11-15)19-16-7-8-17(21)24-18(16)22-12-23-19/h2-8,12,14-15H,9-11H2,1H3,(H2,21,22,23,24). The van der Waals surface area contributed by atoms with E-state index in [4.69, 9.17) is 10.5 Å². The molecule has 27 heavy (non-hydrogen) atoms. The van der Waals surface area contributed by atoms with Crippen LogP contribution in [0.4, 0.5) is 11.6 Å². The van der Waals surface area contributed by atoms with Gasteiger partial charge < -0.3 is 15.4 Å². The van der Waals surface area contributed by atoms with Crippen molar-refractivity contribution in [3.63, 3.8) is 0 Å². The average molecular weight is 363 g/mol. The van der Waals surface area contributed by atoms with Crippen LogP contribution in [0.15, 0.2) is 48.8 Å². The van der Waals surface area contributed by atoms with Gasteiger partial charge in [0.15, 0.2) is 5.65 Å². The second-order valence-corrected chi connectivity index (χ2v) is 6.77. The van der Waals surface area contributed by atoms with E-state index in [9.17, 15) is 4.79 Å². The van der Waals surface area contributed by atoms with E-state index in [1.54, 1.807) is 6.07 Å². The number of benzene rings is 1. The normalized spacial score (nSPS) is 19.8. The highest BCUT2D eigenvalue weighted by atomic mass is 16.5. The topological polar surface area (TPSA) is 94.2 Å². The molecule has 1 aliphatic heterocycles. The Balaban J connectivity index is 1.74. The molecule has 4 rings (SSSR count). The number of ether oxygens (including phenoxy) is 1. The summed E-state index contributed by atoms with van der Waals surface area (Å²) in [6, 6.07) is 13.9. The zero-order valence-corrected chi connectivity index (χ0v) is 15.1. The summed E-state index contributed by atoms with van der Waals surface area (Å²) >= 11 is 0. The predicted octanol–water partition coefficient (Wildman–Crippen LogP) is 2.39. The third-order valence-electron chi connectivity index (χ3n) is 5.05. The molecule has 138 valence electrons. The van der Waals surface area contributed by atoms with Crippen LogP contribution in [0.1, 0.15) is 17.9 Å². The van der Waals surface area contributed by atoms with Gasteiger partial charge >= 0.3 is 5.97 Å². The largest absolute Gasteiger partial charge is 0.469 e. The summed E-state index contributed by atoms with van der Waals surface area (Å²) in [6.45, 7) is 1.31. The van der Waals surface area contributed by atoms with Crippen LogP contribution >= 0.6 is 0 Å². The maximum atomic E-state index is 12.3. The van der Waals surface area contributed by atoms with Gasteiger partial charge in [0.25, 0.3) is 0 Å². The zero-order valence-electron chi connectivity index (χ0n) is 15.1. The monoisotopic (exact) mass is 363 g/mol. The summed E-state index contributed by atoms with van der Waals surface area (Å²) in [5, 5.41) is 0.823. The Labute approximate surface area is 157 Å². The maximum absolute atomic E-state index is 12.3. The Morgan fingerprint density at radius 1 is 1.15 bits per heavy atom. The minimum atomic E-state index is -0.222. The number of fused-ring (bicyclic) bond motifs is 1. The lowest BCUT2D eigenvalue weighted by atomic mass is 9.84. The van der Waals surface area contributed by atoms with E-state index in [1.165, 1.54) is 19.0 Å². The van der Waals surface area contributed by atoms with Crippen molar-refractivity contribution in [2.24, 2.45) is 5.92 Å². The molecule has 1 fully saturated rings. The maximum Gasteiger partial charge on any atom is 0.310 e. The number of piperidine rings is 1. The van der Waals surface area contributed by atoms with Gasteiger partial charge in [-0.2, -0.15) is 0 Å². The number of pyridine rings is 1. The SMILES string of the molecule is COC(=O)C1CC(c2ccccc2)CN(c2ncnc3nc(N)ccc23)C1. The highest BCUT2D eigenvalue weighted by Gasteiger charge is 2.34. The van der Waals surface area contributed by atoms with Gasteiger partial charge in [0.1, 0.15) is 18.0 Å². The molecule has 2 atom stereocenters. The summed E-state index contributed by atoms with van der Waals surface area (Å²) in [5.41, 5.74) is 7.54. The summed E-state index contributed by atoms with van der Waals surface area (Å²) < 4.78 is 5.03. The second kappa shape index (κ2) is 7.19. The van der Waals surface area contributed by atoms with Gasteiger partial charge in [-0.25, -0.2) is 15.0 Å². The second-order valence-electron chi connectivity index (χ2n) is 6.77. The van der Waals surface area contributed by atoms with E-state index < -0.39 is 0 Å². The first-order valence-electron chi connectivity index (χ1n) is 8.90. The lowest BCUT2D eigenvalue weighted by Crippen LogP contribution is -2.43. The first kappa shape index (κ1) is 17.2. The number of carbonyl (C=O) groups is 1. The molecule has 2 unspecified atom stereocenters. The van der Waals surface area contributed by atoms with Crippen molar-refractivity contribution in [3.8, 4) is 0 Å². The lowest BCUT2D eigenvalue weighted by molar-refractivity contribution is -0.145. The Bertz CT molecular complexity index is 963. The molecular weight excluding hydrogens is 342 g/mol. The molecule has 7 nitrogen and oxygen atoms in total. The summed E-state index contributed by atoms with van der Waals surface area (Å²) in [7, 11) is 1.44. The average Bonchev–Trinajstić information content (AvgIpc) is 2.72. The summed E-state index contributed by atoms with van der Waals surface area (Å²) in [6.07, 6.45) is 2.24. The molecule has 0 aliphatic carbocycles. The highest BCUT2D eigenvalue weighted by Crippen LogP contribution is 2.34. The van der Waals surface area contributed by atoms with Crippen LogP contribution < -0.4 is 10.6 Å². The Kier molecular flexibility index (Phi) is 4.58. The minimum absolute atomic E-state index is 0.193. The van der Waals surface area contributed by atoms with E-state index >= 15 is 0 Å². The molecule has 0 bridgehead atoms. The van der Waals surface area contributed by atoms with Crippen molar-refractivity contribution in [2.45, 2.75) is 12.3 Å². The number of methoxy groups -OCH3 is 1. The zero-order chi connectivity index (χ0) is 18.8. The fourth-order valence-corrected chi connectivity index (χ4v) is 3.77. The Morgan fingerprint density at radius 2 is 1.96 bits per heavy atom. The van der Waals surface area contributed by atoms with E-state index in [0.717, 1.165) is 24.2 Å². The number of carbonyl (C=O) groups excluding carboxylic acids is 1. The first-order valence-corrected chi connectivity index (χ1v) is 8.90. The van der Waals surface area contributed by atoms with Crippen LogP contribution in [0.2, 0.25) is 0 Å². The lowest BCUT2D eigenvalue weighted by Gasteiger charge is -2.37. The van der Waals surface area contributed by atoms with Crippen molar-refractivity contribution in [3.05, 3.63) is 54.4 Å². The molecular formula is C20H21N5O2. The molecule has 2 N–H and O–H groups in total. The van der Waals surface area contributed by atoms with Gasteiger partial charge in [0, 0.05) is 19.0 Å².